The zero-order valence-electron chi connectivity index (χ0n) is 25.5. The Morgan fingerprint density at radius 3 is 2.05 bits per heavy atom. The van der Waals surface area contributed by atoms with Crippen molar-refractivity contribution in [2.75, 3.05) is 19.8 Å². The lowest BCUT2D eigenvalue weighted by molar-refractivity contribution is -0.205. The third-order valence-electron chi connectivity index (χ3n) is 8.32. The summed E-state index contributed by atoms with van der Waals surface area (Å²) in [6, 6.07) is 15.8. The summed E-state index contributed by atoms with van der Waals surface area (Å²) >= 11 is 7.55. The molecule has 2 aliphatic rings. The Hall–Kier alpha value is -2.22. The van der Waals surface area contributed by atoms with Crippen molar-refractivity contribution in [2.24, 2.45) is 5.92 Å². The van der Waals surface area contributed by atoms with Crippen LogP contribution in [0.5, 0.6) is 0 Å². The molecule has 0 spiro atoms. The second kappa shape index (κ2) is 16.4. The van der Waals surface area contributed by atoms with Gasteiger partial charge in [-0.3, -0.25) is 9.69 Å². The smallest absolute Gasteiger partial charge is 0.345 e. The number of amides is 1. The number of aliphatic hydroxyl groups is 4. The first kappa shape index (κ1) is 36.3. The van der Waals surface area contributed by atoms with Crippen molar-refractivity contribution >= 4 is 35.2 Å². The first-order chi connectivity index (χ1) is 20.9. The van der Waals surface area contributed by atoms with E-state index in [1.54, 1.807) is 73.8 Å². The normalized spacial score (nSPS) is 28.8. The minimum atomic E-state index is -2.00. The number of aliphatic carboxylic acids is 1. The van der Waals surface area contributed by atoms with Crippen molar-refractivity contribution in [3.63, 3.8) is 0 Å². The minimum absolute atomic E-state index is 0.147. The van der Waals surface area contributed by atoms with Crippen LogP contribution in [0.4, 0.5) is 0 Å². The Labute approximate surface area is 268 Å². The van der Waals surface area contributed by atoms with E-state index in [9.17, 15) is 35.1 Å². The number of rotatable bonds is 10. The van der Waals surface area contributed by atoms with Gasteiger partial charge in [0.15, 0.2) is 0 Å². The van der Waals surface area contributed by atoms with E-state index in [0.717, 1.165) is 25.8 Å². The highest BCUT2D eigenvalue weighted by atomic mass is 35.5. The quantitative estimate of drug-likeness (QED) is 0.210. The largest absolute Gasteiger partial charge is 0.479 e. The van der Waals surface area contributed by atoms with Crippen LogP contribution in [0.15, 0.2) is 60.7 Å². The summed E-state index contributed by atoms with van der Waals surface area (Å²) in [5, 5.41) is 52.7. The highest BCUT2D eigenvalue weighted by Crippen LogP contribution is 2.32. The average Bonchev–Trinajstić information content (AvgIpc) is 3.39. The number of carbonyl (C=O) groups is 2. The number of nitrogens with one attached hydrogen (secondary N) is 1. The maximum atomic E-state index is 12.9. The van der Waals surface area contributed by atoms with Gasteiger partial charge in [0.1, 0.15) is 29.9 Å². The van der Waals surface area contributed by atoms with Gasteiger partial charge in [-0.05, 0) is 50.1 Å². The van der Waals surface area contributed by atoms with Crippen LogP contribution in [0.2, 0.25) is 0 Å². The highest BCUT2D eigenvalue weighted by Gasteiger charge is 2.48. The zero-order valence-corrected chi connectivity index (χ0v) is 27.1. The van der Waals surface area contributed by atoms with E-state index in [0.29, 0.717) is 17.0 Å². The second-order valence-electron chi connectivity index (χ2n) is 11.5. The Morgan fingerprint density at radius 1 is 1.05 bits per heavy atom. The Bertz CT molecular complexity index is 1150. The molecule has 6 N–H and O–H groups in total. The number of thioether (sulfide) groups is 1. The summed E-state index contributed by atoms with van der Waals surface area (Å²) in [6.45, 7) is 4.74. The molecule has 2 fully saturated rings. The number of carboxylic acid groups (broad SMARTS) is 1. The summed E-state index contributed by atoms with van der Waals surface area (Å²) in [7, 11) is 1.94. The van der Waals surface area contributed by atoms with Gasteiger partial charge in [0.2, 0.25) is 11.5 Å². The Balaban J connectivity index is 0.000000266. The molecule has 12 heteroatoms. The fraction of sp³-hybridized carbons (Fsp3) is 0.562. The molecule has 2 heterocycles. The van der Waals surface area contributed by atoms with E-state index in [-0.39, 0.29) is 11.9 Å². The molecular weight excluding hydrogens is 608 g/mol. The lowest BCUT2D eigenvalue weighted by atomic mass is 9.86. The molecule has 0 aromatic heterocycles. The van der Waals surface area contributed by atoms with Crippen LogP contribution in [0.25, 0.3) is 0 Å². The van der Waals surface area contributed by atoms with E-state index >= 15 is 0 Å². The molecule has 2 aromatic carbocycles. The van der Waals surface area contributed by atoms with Crippen LogP contribution < -0.4 is 5.32 Å². The van der Waals surface area contributed by atoms with E-state index < -0.39 is 52.8 Å². The molecule has 0 unspecified atom stereocenters. The molecule has 1 amide bonds. The maximum absolute atomic E-state index is 12.9. The van der Waals surface area contributed by atoms with E-state index in [4.69, 9.17) is 16.3 Å². The third-order valence-corrected chi connectivity index (χ3v) is 9.45. The number of benzene rings is 2. The van der Waals surface area contributed by atoms with E-state index in [1.807, 2.05) is 11.9 Å². The summed E-state index contributed by atoms with van der Waals surface area (Å²) in [4.78, 5) is 26.3. The molecule has 2 aliphatic heterocycles. The van der Waals surface area contributed by atoms with Crippen LogP contribution in [-0.2, 0) is 19.9 Å². The number of aliphatic hydroxyl groups excluding tert-OH is 3. The minimum Gasteiger partial charge on any atom is -0.479 e. The number of likely N-dealkylation sites (N-methyl/N-ethyl adjacent to an activating group) is 1. The molecule has 244 valence electrons. The molecule has 2 saturated heterocycles. The molecular formula is C32H45ClN2O8S. The van der Waals surface area contributed by atoms with Crippen molar-refractivity contribution in [1.82, 2.24) is 10.2 Å². The SMILES string of the molecule is CCC[C@@H]1C[C@@H](C(=O)N[C@@H]([C@H]2O[C@H](SC)[C@H](O)[C@@H](O)[C@H]2O)[C@H](C)Cl)N(C)C1.O=C(O)C(O)(c1ccccc1)c1ccccc1. The molecule has 10 nitrogen and oxygen atoms in total. The number of likely N-dealkylation sites (tertiary alicyclic amines) is 1. The van der Waals surface area contributed by atoms with Crippen LogP contribution in [0.1, 0.15) is 44.2 Å². The summed E-state index contributed by atoms with van der Waals surface area (Å²) in [5.41, 5.74) is -2.01. The lowest BCUT2D eigenvalue weighted by Crippen LogP contribution is -2.65. The Kier molecular flexibility index (Phi) is 13.5. The first-order valence-electron chi connectivity index (χ1n) is 14.8. The van der Waals surface area contributed by atoms with Gasteiger partial charge in [-0.2, -0.15) is 0 Å². The van der Waals surface area contributed by atoms with Crippen molar-refractivity contribution in [1.29, 1.82) is 0 Å². The fourth-order valence-electron chi connectivity index (χ4n) is 5.89. The molecule has 44 heavy (non-hydrogen) atoms. The summed E-state index contributed by atoms with van der Waals surface area (Å²) in [5.74, 6) is -0.933. The molecule has 0 radical (unpaired) electrons. The fourth-order valence-corrected chi connectivity index (χ4v) is 6.77. The summed E-state index contributed by atoms with van der Waals surface area (Å²) < 4.78 is 5.79. The summed E-state index contributed by atoms with van der Waals surface area (Å²) in [6.07, 6.45) is -0.0980. The van der Waals surface area contributed by atoms with Gasteiger partial charge in [0.25, 0.3) is 0 Å². The standard InChI is InChI=1S/C18H33ClN2O5S.C14H12O3/c1-5-6-10-7-11(21(3)8-10)17(25)20-12(9(2)19)16-14(23)13(22)15(24)18(26-16)27-4;15-13(16)14(17,11-7-3-1-4-8-11)12-9-5-2-6-10-12/h9-16,18,22-24H,5-8H2,1-4H3,(H,20,25);1-10,17H,(H,15,16)/t9-,10+,11-,12+,13-,14+,15+,16+,18+;/m0./s1. The average molecular weight is 653 g/mol. The van der Waals surface area contributed by atoms with Crippen molar-refractivity contribution < 1.29 is 39.9 Å². The van der Waals surface area contributed by atoms with Gasteiger partial charge in [-0.15, -0.1) is 23.4 Å². The van der Waals surface area contributed by atoms with Crippen molar-refractivity contribution in [3.05, 3.63) is 71.8 Å². The van der Waals surface area contributed by atoms with Gasteiger partial charge < -0.3 is 35.6 Å². The van der Waals surface area contributed by atoms with E-state index in [1.165, 1.54) is 11.8 Å². The number of hydrogen-bond acceptors (Lipinski definition) is 9. The highest BCUT2D eigenvalue weighted by molar-refractivity contribution is 7.99. The number of nitrogens with zero attached hydrogens (tertiary/aromatic N) is 1. The molecule has 2 aromatic rings. The molecule has 0 saturated carbocycles. The second-order valence-corrected chi connectivity index (χ2v) is 13.1. The first-order valence-corrected chi connectivity index (χ1v) is 16.5. The number of carboxylic acids is 1. The predicted octanol–water partition coefficient (Wildman–Crippen LogP) is 2.40. The van der Waals surface area contributed by atoms with Gasteiger partial charge in [0, 0.05) is 6.54 Å². The van der Waals surface area contributed by atoms with Crippen LogP contribution in [-0.4, -0.2) is 109 Å². The van der Waals surface area contributed by atoms with Crippen LogP contribution in [0.3, 0.4) is 0 Å². The number of halogens is 1. The Morgan fingerprint density at radius 2 is 1.59 bits per heavy atom. The van der Waals surface area contributed by atoms with E-state index in [2.05, 4.69) is 12.2 Å². The number of carbonyl (C=O) groups excluding carboxylic acids is 1. The number of alkyl halides is 1. The number of hydrogen-bond donors (Lipinski definition) is 6. The number of ether oxygens (including phenoxy) is 1. The molecule has 0 aliphatic carbocycles. The van der Waals surface area contributed by atoms with Crippen LogP contribution in [0, 0.1) is 5.92 Å². The molecule has 9 atom stereocenters. The molecule has 4 rings (SSSR count). The lowest BCUT2D eigenvalue weighted by Gasteiger charge is -2.44. The predicted molar refractivity (Wildman–Crippen MR) is 170 cm³/mol. The third kappa shape index (κ3) is 8.32. The van der Waals surface area contributed by atoms with Crippen molar-refractivity contribution in [3.8, 4) is 0 Å². The maximum Gasteiger partial charge on any atom is 0.345 e. The topological polar surface area (TPSA) is 160 Å². The molecule has 0 bridgehead atoms. The van der Waals surface area contributed by atoms with Gasteiger partial charge in [-0.1, -0.05) is 74.0 Å². The van der Waals surface area contributed by atoms with Gasteiger partial charge in [0.05, 0.1) is 17.5 Å². The monoisotopic (exact) mass is 652 g/mol. The van der Waals surface area contributed by atoms with Crippen molar-refractivity contribution in [2.45, 2.75) is 86.0 Å². The van der Waals surface area contributed by atoms with Gasteiger partial charge in [-0.25, -0.2) is 4.79 Å². The van der Waals surface area contributed by atoms with Gasteiger partial charge >= 0.3 is 5.97 Å². The van der Waals surface area contributed by atoms with Crippen LogP contribution >= 0.6 is 23.4 Å². The zero-order chi connectivity index (χ0) is 32.6.